The molecule has 5 heteroatoms. The number of hydrogen-bond acceptors (Lipinski definition) is 1. The van der Waals surface area contributed by atoms with Crippen molar-refractivity contribution in [3.63, 3.8) is 0 Å². The molecule has 0 aliphatic carbocycles. The second-order valence-electron chi connectivity index (χ2n) is 4.74. The number of rotatable bonds is 4. The molecular weight excluding hydrogens is 291 g/mol. The van der Waals surface area contributed by atoms with Crippen LogP contribution in [0.4, 0.5) is 14.9 Å². The molecule has 0 atom stereocenters. The Balaban J connectivity index is 1.82. The topological polar surface area (TPSA) is 41.1 Å². The second-order valence-corrected chi connectivity index (χ2v) is 5.18. The number of benzene rings is 2. The standard InChI is InChI=1S/C16H16ClFN2O/c1-11-5-6-15(14(18)9-11)20-16(21)19-8-7-12-3-2-4-13(17)10-12/h2-6,9-10H,7-8H2,1H3,(H2,19,20,21). The van der Waals surface area contributed by atoms with Crippen molar-refractivity contribution >= 4 is 23.3 Å². The first-order valence-corrected chi connectivity index (χ1v) is 6.98. The second kappa shape index (κ2) is 7.09. The Kier molecular flexibility index (Phi) is 5.17. The molecule has 0 radical (unpaired) electrons. The zero-order valence-corrected chi connectivity index (χ0v) is 12.4. The van der Waals surface area contributed by atoms with Crippen molar-refractivity contribution in [1.29, 1.82) is 0 Å². The van der Waals surface area contributed by atoms with E-state index in [1.165, 1.54) is 6.07 Å². The van der Waals surface area contributed by atoms with Gasteiger partial charge in [0.2, 0.25) is 0 Å². The molecule has 0 saturated carbocycles. The van der Waals surface area contributed by atoms with Crippen LogP contribution in [0.15, 0.2) is 42.5 Å². The van der Waals surface area contributed by atoms with Gasteiger partial charge in [0, 0.05) is 11.6 Å². The van der Waals surface area contributed by atoms with Gasteiger partial charge in [0.05, 0.1) is 5.69 Å². The number of halogens is 2. The molecule has 21 heavy (non-hydrogen) atoms. The van der Waals surface area contributed by atoms with Crippen LogP contribution in [-0.2, 0) is 6.42 Å². The summed E-state index contributed by atoms with van der Waals surface area (Å²) in [6.07, 6.45) is 0.657. The van der Waals surface area contributed by atoms with Gasteiger partial charge in [-0.1, -0.05) is 29.8 Å². The van der Waals surface area contributed by atoms with Crippen molar-refractivity contribution in [2.24, 2.45) is 0 Å². The fraction of sp³-hybridized carbons (Fsp3) is 0.188. The van der Waals surface area contributed by atoms with E-state index in [0.717, 1.165) is 11.1 Å². The maximum atomic E-state index is 13.6. The first-order valence-electron chi connectivity index (χ1n) is 6.60. The predicted octanol–water partition coefficient (Wildman–Crippen LogP) is 4.15. The van der Waals surface area contributed by atoms with Crippen molar-refractivity contribution in [2.45, 2.75) is 13.3 Å². The molecule has 0 saturated heterocycles. The minimum atomic E-state index is -0.444. The van der Waals surface area contributed by atoms with Crippen LogP contribution in [0.1, 0.15) is 11.1 Å². The van der Waals surface area contributed by atoms with E-state index in [9.17, 15) is 9.18 Å². The molecule has 0 fully saturated rings. The van der Waals surface area contributed by atoms with Crippen molar-refractivity contribution in [2.75, 3.05) is 11.9 Å². The normalized spacial score (nSPS) is 10.2. The fourth-order valence-electron chi connectivity index (χ4n) is 1.90. The molecule has 2 rings (SSSR count). The van der Waals surface area contributed by atoms with E-state index in [4.69, 9.17) is 11.6 Å². The lowest BCUT2D eigenvalue weighted by atomic mass is 10.1. The van der Waals surface area contributed by atoms with Crippen LogP contribution in [0.25, 0.3) is 0 Å². The van der Waals surface area contributed by atoms with Gasteiger partial charge in [-0.2, -0.15) is 0 Å². The van der Waals surface area contributed by atoms with Crippen molar-refractivity contribution in [3.8, 4) is 0 Å². The smallest absolute Gasteiger partial charge is 0.319 e. The zero-order valence-electron chi connectivity index (χ0n) is 11.6. The van der Waals surface area contributed by atoms with Gasteiger partial charge in [0.1, 0.15) is 5.82 Å². The van der Waals surface area contributed by atoms with Crippen molar-refractivity contribution in [3.05, 3.63) is 64.4 Å². The predicted molar refractivity (Wildman–Crippen MR) is 83.3 cm³/mol. The number of anilines is 1. The molecule has 110 valence electrons. The molecule has 0 aliphatic rings. The monoisotopic (exact) mass is 306 g/mol. The minimum Gasteiger partial charge on any atom is -0.338 e. The summed E-state index contributed by atoms with van der Waals surface area (Å²) in [5.74, 6) is -0.444. The average molecular weight is 307 g/mol. The largest absolute Gasteiger partial charge is 0.338 e. The van der Waals surface area contributed by atoms with Gasteiger partial charge in [0.25, 0.3) is 0 Å². The maximum absolute atomic E-state index is 13.6. The Bertz CT molecular complexity index is 646. The molecule has 0 spiro atoms. The molecule has 0 unspecified atom stereocenters. The van der Waals surface area contributed by atoms with Crippen LogP contribution in [0.3, 0.4) is 0 Å². The van der Waals surface area contributed by atoms with Crippen LogP contribution in [0.2, 0.25) is 5.02 Å². The molecular formula is C16H16ClFN2O. The first-order chi connectivity index (χ1) is 10.0. The quantitative estimate of drug-likeness (QED) is 0.875. The highest BCUT2D eigenvalue weighted by atomic mass is 35.5. The van der Waals surface area contributed by atoms with Crippen LogP contribution >= 0.6 is 11.6 Å². The summed E-state index contributed by atoms with van der Waals surface area (Å²) < 4.78 is 13.6. The molecule has 0 bridgehead atoms. The summed E-state index contributed by atoms with van der Waals surface area (Å²) >= 11 is 5.88. The summed E-state index contributed by atoms with van der Waals surface area (Å²) in [5, 5.41) is 5.83. The summed E-state index contributed by atoms with van der Waals surface area (Å²) in [6.45, 7) is 2.23. The summed E-state index contributed by atoms with van der Waals surface area (Å²) in [5.41, 5.74) is 2.00. The zero-order chi connectivity index (χ0) is 15.2. The fourth-order valence-corrected chi connectivity index (χ4v) is 2.11. The van der Waals surface area contributed by atoms with E-state index in [1.54, 1.807) is 25.1 Å². The van der Waals surface area contributed by atoms with E-state index >= 15 is 0 Å². The van der Waals surface area contributed by atoms with Crippen LogP contribution in [0, 0.1) is 12.7 Å². The van der Waals surface area contributed by atoms with Crippen molar-refractivity contribution in [1.82, 2.24) is 5.32 Å². The number of amides is 2. The number of carbonyl (C=O) groups is 1. The molecule has 2 amide bonds. The Morgan fingerprint density at radius 3 is 2.76 bits per heavy atom. The highest BCUT2D eigenvalue weighted by Crippen LogP contribution is 2.15. The van der Waals surface area contributed by atoms with E-state index in [0.29, 0.717) is 18.0 Å². The van der Waals surface area contributed by atoms with Gasteiger partial charge in [0.15, 0.2) is 0 Å². The van der Waals surface area contributed by atoms with E-state index in [1.807, 2.05) is 18.2 Å². The summed E-state index contributed by atoms with van der Waals surface area (Å²) in [6, 6.07) is 11.7. The van der Waals surface area contributed by atoms with Gasteiger partial charge in [-0.05, 0) is 48.7 Å². The maximum Gasteiger partial charge on any atom is 0.319 e. The summed E-state index contributed by atoms with van der Waals surface area (Å²) in [4.78, 5) is 11.7. The Morgan fingerprint density at radius 1 is 1.24 bits per heavy atom. The molecule has 2 aromatic rings. The highest BCUT2D eigenvalue weighted by molar-refractivity contribution is 6.30. The van der Waals surface area contributed by atoms with Gasteiger partial charge in [-0.3, -0.25) is 0 Å². The average Bonchev–Trinajstić information content (AvgIpc) is 2.42. The number of nitrogens with one attached hydrogen (secondary N) is 2. The highest BCUT2D eigenvalue weighted by Gasteiger charge is 2.06. The number of carbonyl (C=O) groups excluding carboxylic acids is 1. The lowest BCUT2D eigenvalue weighted by molar-refractivity contribution is 0.252. The van der Waals surface area contributed by atoms with E-state index < -0.39 is 11.8 Å². The Hall–Kier alpha value is -2.07. The van der Waals surface area contributed by atoms with Gasteiger partial charge >= 0.3 is 6.03 Å². The summed E-state index contributed by atoms with van der Waals surface area (Å²) in [7, 11) is 0. The van der Waals surface area contributed by atoms with Crippen LogP contribution < -0.4 is 10.6 Å². The SMILES string of the molecule is Cc1ccc(NC(=O)NCCc2cccc(Cl)c2)c(F)c1. The Labute approximate surface area is 128 Å². The van der Waals surface area contributed by atoms with Crippen molar-refractivity contribution < 1.29 is 9.18 Å². The lowest BCUT2D eigenvalue weighted by Crippen LogP contribution is -2.30. The number of urea groups is 1. The van der Waals surface area contributed by atoms with E-state index in [2.05, 4.69) is 10.6 Å². The van der Waals surface area contributed by atoms with E-state index in [-0.39, 0.29) is 5.69 Å². The molecule has 3 nitrogen and oxygen atoms in total. The molecule has 0 aromatic heterocycles. The third kappa shape index (κ3) is 4.76. The molecule has 0 aliphatic heterocycles. The number of hydrogen-bond donors (Lipinski definition) is 2. The molecule has 2 aromatic carbocycles. The van der Waals surface area contributed by atoms with Gasteiger partial charge in [-0.25, -0.2) is 9.18 Å². The Morgan fingerprint density at radius 2 is 2.05 bits per heavy atom. The van der Waals surface area contributed by atoms with Crippen LogP contribution in [0.5, 0.6) is 0 Å². The third-order valence-electron chi connectivity index (χ3n) is 2.96. The van der Waals surface area contributed by atoms with Crippen LogP contribution in [-0.4, -0.2) is 12.6 Å². The molecule has 2 N–H and O–H groups in total. The first kappa shape index (κ1) is 15.3. The van der Waals surface area contributed by atoms with Gasteiger partial charge < -0.3 is 10.6 Å². The molecule has 0 heterocycles. The lowest BCUT2D eigenvalue weighted by Gasteiger charge is -2.09. The number of aryl methyl sites for hydroxylation is 1. The van der Waals surface area contributed by atoms with Gasteiger partial charge in [-0.15, -0.1) is 0 Å². The minimum absolute atomic E-state index is 0.167. The third-order valence-corrected chi connectivity index (χ3v) is 3.20.